The van der Waals surface area contributed by atoms with Crippen molar-refractivity contribution in [1.29, 1.82) is 0 Å². The van der Waals surface area contributed by atoms with Crippen molar-refractivity contribution in [3.8, 4) is 17.2 Å². The lowest BCUT2D eigenvalue weighted by atomic mass is 10.2. The van der Waals surface area contributed by atoms with E-state index in [-0.39, 0.29) is 0 Å². The first-order valence-electron chi connectivity index (χ1n) is 9.99. The number of methoxy groups -OCH3 is 1. The number of hydrogen-bond donors (Lipinski definition) is 1. The normalized spacial score (nSPS) is 13.6. The standard InChI is InChI=1S/C24H25N3O2S/c1-28-21-13-9-20(10-14-21)26-15-17-27(18-16-26)24(30)25-19-7-11-23(12-8-19)29-22-5-3-2-4-6-22/h2-14H,15-18H2,1H3,(H,25,30). The molecule has 0 amide bonds. The summed E-state index contributed by atoms with van der Waals surface area (Å²) in [6.07, 6.45) is 0. The molecular formula is C24H25N3O2S. The number of ether oxygens (including phenoxy) is 2. The average Bonchev–Trinajstić information content (AvgIpc) is 2.81. The van der Waals surface area contributed by atoms with Gasteiger partial charge in [0.15, 0.2) is 5.11 Å². The molecule has 0 bridgehead atoms. The van der Waals surface area contributed by atoms with Gasteiger partial charge in [0.2, 0.25) is 0 Å². The van der Waals surface area contributed by atoms with E-state index in [0.717, 1.165) is 54.2 Å². The summed E-state index contributed by atoms with van der Waals surface area (Å²) < 4.78 is 11.1. The molecule has 1 N–H and O–H groups in total. The number of para-hydroxylation sites is 1. The zero-order valence-corrected chi connectivity index (χ0v) is 17.8. The largest absolute Gasteiger partial charge is 0.497 e. The molecule has 3 aromatic rings. The van der Waals surface area contributed by atoms with Crippen LogP contribution in [0.2, 0.25) is 0 Å². The summed E-state index contributed by atoms with van der Waals surface area (Å²) in [4.78, 5) is 4.58. The van der Waals surface area contributed by atoms with E-state index in [4.69, 9.17) is 21.7 Å². The van der Waals surface area contributed by atoms with Crippen LogP contribution in [0.1, 0.15) is 0 Å². The molecule has 0 radical (unpaired) electrons. The minimum Gasteiger partial charge on any atom is -0.497 e. The zero-order valence-electron chi connectivity index (χ0n) is 17.0. The van der Waals surface area contributed by atoms with Crippen LogP contribution in [0.25, 0.3) is 0 Å². The van der Waals surface area contributed by atoms with E-state index in [9.17, 15) is 0 Å². The first-order chi connectivity index (χ1) is 14.7. The van der Waals surface area contributed by atoms with E-state index in [0.29, 0.717) is 0 Å². The molecule has 1 fully saturated rings. The second-order valence-corrected chi connectivity index (χ2v) is 7.43. The van der Waals surface area contributed by atoms with Crippen LogP contribution in [0.4, 0.5) is 11.4 Å². The Bertz CT molecular complexity index is 954. The second-order valence-electron chi connectivity index (χ2n) is 7.04. The van der Waals surface area contributed by atoms with Crippen molar-refractivity contribution in [1.82, 2.24) is 4.90 Å². The highest BCUT2D eigenvalue weighted by atomic mass is 32.1. The van der Waals surface area contributed by atoms with Crippen molar-refractivity contribution in [3.05, 3.63) is 78.9 Å². The average molecular weight is 420 g/mol. The van der Waals surface area contributed by atoms with E-state index in [2.05, 4.69) is 27.2 Å². The summed E-state index contributed by atoms with van der Waals surface area (Å²) in [6.45, 7) is 3.62. The van der Waals surface area contributed by atoms with Crippen LogP contribution >= 0.6 is 12.2 Å². The minimum atomic E-state index is 0.751. The maximum absolute atomic E-state index is 5.84. The fourth-order valence-corrected chi connectivity index (χ4v) is 3.69. The Hall–Kier alpha value is -3.25. The predicted octanol–water partition coefficient (Wildman–Crippen LogP) is 5.01. The molecular weight excluding hydrogens is 394 g/mol. The Morgan fingerprint density at radius 1 is 0.767 bits per heavy atom. The van der Waals surface area contributed by atoms with Gasteiger partial charge in [-0.05, 0) is 72.9 Å². The van der Waals surface area contributed by atoms with Gasteiger partial charge in [-0.2, -0.15) is 0 Å². The lowest BCUT2D eigenvalue weighted by Crippen LogP contribution is -2.50. The van der Waals surface area contributed by atoms with Gasteiger partial charge in [0.1, 0.15) is 17.2 Å². The molecule has 0 aliphatic carbocycles. The number of piperazine rings is 1. The molecule has 0 atom stereocenters. The monoisotopic (exact) mass is 419 g/mol. The van der Waals surface area contributed by atoms with Crippen molar-refractivity contribution in [2.24, 2.45) is 0 Å². The maximum Gasteiger partial charge on any atom is 0.173 e. The van der Waals surface area contributed by atoms with Gasteiger partial charge in [-0.15, -0.1) is 0 Å². The number of nitrogens with one attached hydrogen (secondary N) is 1. The first kappa shape index (κ1) is 20.0. The lowest BCUT2D eigenvalue weighted by Gasteiger charge is -2.37. The molecule has 0 saturated carbocycles. The summed E-state index contributed by atoms with van der Waals surface area (Å²) in [5.74, 6) is 2.50. The maximum atomic E-state index is 5.84. The number of benzene rings is 3. The number of rotatable bonds is 5. The van der Waals surface area contributed by atoms with E-state index in [1.807, 2.05) is 66.7 Å². The molecule has 1 aliphatic rings. The third-order valence-electron chi connectivity index (χ3n) is 5.09. The number of thiocarbonyl (C=S) groups is 1. The van der Waals surface area contributed by atoms with Crippen LogP contribution in [0, 0.1) is 0 Å². The number of anilines is 2. The van der Waals surface area contributed by atoms with Crippen LogP contribution in [0.5, 0.6) is 17.2 Å². The van der Waals surface area contributed by atoms with E-state index in [1.165, 1.54) is 5.69 Å². The summed E-state index contributed by atoms with van der Waals surface area (Å²) in [6, 6.07) is 25.8. The van der Waals surface area contributed by atoms with Crippen LogP contribution in [-0.2, 0) is 0 Å². The van der Waals surface area contributed by atoms with Gasteiger partial charge in [-0.3, -0.25) is 0 Å². The Morgan fingerprint density at radius 3 is 2.00 bits per heavy atom. The van der Waals surface area contributed by atoms with Gasteiger partial charge < -0.3 is 24.6 Å². The van der Waals surface area contributed by atoms with Gasteiger partial charge >= 0.3 is 0 Å². The SMILES string of the molecule is COc1ccc(N2CCN(C(=S)Nc3ccc(Oc4ccccc4)cc3)CC2)cc1. The Labute approximate surface area is 182 Å². The highest BCUT2D eigenvalue weighted by Crippen LogP contribution is 2.23. The van der Waals surface area contributed by atoms with E-state index >= 15 is 0 Å². The minimum absolute atomic E-state index is 0.751. The number of nitrogens with zero attached hydrogens (tertiary/aromatic N) is 2. The molecule has 6 heteroatoms. The third-order valence-corrected chi connectivity index (χ3v) is 5.45. The lowest BCUT2D eigenvalue weighted by molar-refractivity contribution is 0.390. The quantitative estimate of drug-likeness (QED) is 0.586. The van der Waals surface area contributed by atoms with Gasteiger partial charge in [0.05, 0.1) is 7.11 Å². The van der Waals surface area contributed by atoms with Crippen LogP contribution < -0.4 is 19.7 Å². The molecule has 4 rings (SSSR count). The molecule has 1 saturated heterocycles. The Balaban J connectivity index is 1.28. The van der Waals surface area contributed by atoms with Crippen LogP contribution in [0.3, 0.4) is 0 Å². The molecule has 3 aromatic carbocycles. The van der Waals surface area contributed by atoms with Crippen LogP contribution in [0.15, 0.2) is 78.9 Å². The van der Waals surface area contributed by atoms with Crippen molar-refractivity contribution in [2.75, 3.05) is 43.5 Å². The van der Waals surface area contributed by atoms with Crippen molar-refractivity contribution >= 4 is 28.7 Å². The smallest absolute Gasteiger partial charge is 0.173 e. The summed E-state index contributed by atoms with van der Waals surface area (Å²) in [5.41, 5.74) is 2.17. The van der Waals surface area contributed by atoms with Gasteiger partial charge in [-0.25, -0.2) is 0 Å². The molecule has 154 valence electrons. The predicted molar refractivity (Wildman–Crippen MR) is 126 cm³/mol. The Morgan fingerprint density at radius 2 is 1.37 bits per heavy atom. The molecule has 0 aromatic heterocycles. The summed E-state index contributed by atoms with van der Waals surface area (Å²) in [7, 11) is 1.69. The van der Waals surface area contributed by atoms with Gasteiger partial charge in [0, 0.05) is 37.6 Å². The number of hydrogen-bond acceptors (Lipinski definition) is 4. The van der Waals surface area contributed by atoms with E-state index < -0.39 is 0 Å². The Kier molecular flexibility index (Phi) is 6.35. The van der Waals surface area contributed by atoms with E-state index in [1.54, 1.807) is 7.11 Å². The summed E-state index contributed by atoms with van der Waals surface area (Å²) >= 11 is 5.63. The highest BCUT2D eigenvalue weighted by molar-refractivity contribution is 7.80. The van der Waals surface area contributed by atoms with Crippen LogP contribution in [-0.4, -0.2) is 43.3 Å². The van der Waals surface area contributed by atoms with Crippen molar-refractivity contribution in [2.45, 2.75) is 0 Å². The van der Waals surface area contributed by atoms with Crippen molar-refractivity contribution in [3.63, 3.8) is 0 Å². The second kappa shape index (κ2) is 9.50. The van der Waals surface area contributed by atoms with Gasteiger partial charge in [-0.1, -0.05) is 18.2 Å². The fourth-order valence-electron chi connectivity index (χ4n) is 3.39. The third kappa shape index (κ3) is 5.02. The molecule has 0 unspecified atom stereocenters. The fraction of sp³-hybridized carbons (Fsp3) is 0.208. The highest BCUT2D eigenvalue weighted by Gasteiger charge is 2.19. The van der Waals surface area contributed by atoms with Gasteiger partial charge in [0.25, 0.3) is 0 Å². The molecule has 1 aliphatic heterocycles. The van der Waals surface area contributed by atoms with Crippen molar-refractivity contribution < 1.29 is 9.47 Å². The summed E-state index contributed by atoms with van der Waals surface area (Å²) in [5, 5.41) is 4.09. The molecule has 5 nitrogen and oxygen atoms in total. The molecule has 1 heterocycles. The zero-order chi connectivity index (χ0) is 20.8. The molecule has 30 heavy (non-hydrogen) atoms. The molecule has 0 spiro atoms. The first-order valence-corrected chi connectivity index (χ1v) is 10.4. The topological polar surface area (TPSA) is 37.0 Å².